The second kappa shape index (κ2) is 7.68. The van der Waals surface area contributed by atoms with Crippen molar-refractivity contribution in [2.45, 2.75) is 57.9 Å². The maximum absolute atomic E-state index is 14.9. The molecule has 0 fully saturated rings. The molecule has 2 aliphatic heterocycles. The summed E-state index contributed by atoms with van der Waals surface area (Å²) in [7, 11) is 0. The van der Waals surface area contributed by atoms with Gasteiger partial charge in [0.25, 0.3) is 5.56 Å². The fourth-order valence-corrected chi connectivity index (χ4v) is 6.02. The molecule has 3 aromatic rings. The predicted octanol–water partition coefficient (Wildman–Crippen LogP) is 2.06. The highest BCUT2D eigenvalue weighted by Crippen LogP contribution is 2.45. The van der Waals surface area contributed by atoms with E-state index < -0.39 is 11.6 Å². The molecule has 3 aliphatic rings. The van der Waals surface area contributed by atoms with Crippen molar-refractivity contribution in [3.63, 3.8) is 0 Å². The van der Waals surface area contributed by atoms with Crippen molar-refractivity contribution in [1.82, 2.24) is 14.9 Å². The van der Waals surface area contributed by atoms with Gasteiger partial charge in [0.15, 0.2) is 5.60 Å². The van der Waals surface area contributed by atoms with Gasteiger partial charge < -0.3 is 25.5 Å². The maximum atomic E-state index is 14.9. The molecule has 0 radical (unpaired) electrons. The van der Waals surface area contributed by atoms with Gasteiger partial charge in [-0.25, -0.2) is 14.2 Å². The van der Waals surface area contributed by atoms with Gasteiger partial charge in [-0.2, -0.15) is 0 Å². The van der Waals surface area contributed by atoms with Crippen molar-refractivity contribution in [3.05, 3.63) is 61.7 Å². The van der Waals surface area contributed by atoms with Gasteiger partial charge in [-0.15, -0.1) is 0 Å². The average molecular weight is 479 g/mol. The van der Waals surface area contributed by atoms with Gasteiger partial charge in [0.2, 0.25) is 0 Å². The summed E-state index contributed by atoms with van der Waals surface area (Å²) in [4.78, 5) is 30.9. The first-order valence-electron chi connectivity index (χ1n) is 12.0. The number of carbonyl (C=O) groups excluding carboxylic acids is 1. The molecule has 182 valence electrons. The van der Waals surface area contributed by atoms with Crippen molar-refractivity contribution in [2.75, 3.05) is 13.1 Å². The van der Waals surface area contributed by atoms with Crippen LogP contribution in [0.2, 0.25) is 0 Å². The minimum atomic E-state index is -1.89. The lowest BCUT2D eigenvalue weighted by Gasteiger charge is -2.31. The van der Waals surface area contributed by atoms with Crippen LogP contribution in [0.15, 0.2) is 16.9 Å². The van der Waals surface area contributed by atoms with E-state index in [0.29, 0.717) is 42.1 Å². The fraction of sp³-hybridized carbons (Fsp3) is 0.423. The highest BCUT2D eigenvalue weighted by atomic mass is 19.1. The SMILES string of the molecule is CC[C@@]1(O)C(=O)OCc2c1cc1n(c2=O)Cc2c-1nc1cc(F)c(C)c3c1c2[C@@H](NCCN)CC3. The zero-order valence-electron chi connectivity index (χ0n) is 19.7. The first-order chi connectivity index (χ1) is 16.8. The van der Waals surface area contributed by atoms with Gasteiger partial charge >= 0.3 is 5.97 Å². The first kappa shape index (κ1) is 22.3. The van der Waals surface area contributed by atoms with Crippen LogP contribution in [0, 0.1) is 12.7 Å². The highest BCUT2D eigenvalue weighted by Gasteiger charge is 2.45. The van der Waals surface area contributed by atoms with Crippen LogP contribution in [0.25, 0.3) is 22.3 Å². The van der Waals surface area contributed by atoms with E-state index in [9.17, 15) is 19.1 Å². The molecule has 2 atom stereocenters. The van der Waals surface area contributed by atoms with Crippen molar-refractivity contribution in [2.24, 2.45) is 5.73 Å². The second-order valence-corrected chi connectivity index (χ2v) is 9.65. The minimum absolute atomic E-state index is 0.00714. The van der Waals surface area contributed by atoms with E-state index in [-0.39, 0.29) is 41.6 Å². The van der Waals surface area contributed by atoms with Gasteiger partial charge in [-0.05, 0) is 48.9 Å². The summed E-state index contributed by atoms with van der Waals surface area (Å²) in [6.07, 6.45) is 1.58. The van der Waals surface area contributed by atoms with Crippen molar-refractivity contribution < 1.29 is 19.0 Å². The summed E-state index contributed by atoms with van der Waals surface area (Å²) in [6.45, 7) is 4.71. The number of pyridine rings is 2. The molecular weight excluding hydrogens is 451 g/mol. The molecule has 0 saturated heterocycles. The number of nitrogens with one attached hydrogen (secondary N) is 1. The largest absolute Gasteiger partial charge is 0.458 e. The summed E-state index contributed by atoms with van der Waals surface area (Å²) >= 11 is 0. The Morgan fingerprint density at radius 2 is 2.11 bits per heavy atom. The number of carbonyl (C=O) groups is 1. The summed E-state index contributed by atoms with van der Waals surface area (Å²) in [5.41, 5.74) is 9.29. The van der Waals surface area contributed by atoms with E-state index in [1.807, 2.05) is 0 Å². The molecule has 4 N–H and O–H groups in total. The van der Waals surface area contributed by atoms with Crippen molar-refractivity contribution in [3.8, 4) is 11.4 Å². The fourth-order valence-electron chi connectivity index (χ4n) is 6.02. The first-order valence-corrected chi connectivity index (χ1v) is 12.0. The summed E-state index contributed by atoms with van der Waals surface area (Å²) in [5, 5.41) is 15.6. The van der Waals surface area contributed by atoms with E-state index in [0.717, 1.165) is 34.9 Å². The minimum Gasteiger partial charge on any atom is -0.458 e. The number of hydrogen-bond acceptors (Lipinski definition) is 7. The van der Waals surface area contributed by atoms with Gasteiger partial charge in [0, 0.05) is 41.7 Å². The molecule has 35 heavy (non-hydrogen) atoms. The Morgan fingerprint density at radius 1 is 1.31 bits per heavy atom. The van der Waals surface area contributed by atoms with Crippen LogP contribution in [0.4, 0.5) is 4.39 Å². The lowest BCUT2D eigenvalue weighted by atomic mass is 9.81. The van der Waals surface area contributed by atoms with E-state index in [1.54, 1.807) is 24.5 Å². The average Bonchev–Trinajstić information content (AvgIpc) is 3.22. The molecule has 1 aromatic carbocycles. The molecule has 0 saturated carbocycles. The third kappa shape index (κ3) is 2.92. The Hall–Kier alpha value is -3.14. The lowest BCUT2D eigenvalue weighted by Crippen LogP contribution is -2.44. The standard InChI is InChI=1S/C26H27FN4O4/c1-3-26(34)16-8-20-23-14(10-31(20)24(32)15(16)11-35-25(26)33)22-18(29-7-6-28)5-4-13-12(2)17(27)9-19(30-23)21(13)22/h8-9,18,29,34H,3-7,10-11,28H2,1-2H3/t18-,26-/m0/s1. The van der Waals surface area contributed by atoms with Crippen LogP contribution >= 0.6 is 0 Å². The van der Waals surface area contributed by atoms with Crippen molar-refractivity contribution >= 4 is 16.9 Å². The Labute approximate surface area is 200 Å². The second-order valence-electron chi connectivity index (χ2n) is 9.65. The number of fused-ring (bicyclic) bond motifs is 5. The molecular formula is C26H27FN4O4. The molecule has 0 amide bonds. The van der Waals surface area contributed by atoms with Crippen molar-refractivity contribution in [1.29, 1.82) is 0 Å². The van der Waals surface area contributed by atoms with Crippen LogP contribution in [0.5, 0.6) is 0 Å². The quantitative estimate of drug-likeness (QED) is 0.384. The monoisotopic (exact) mass is 478 g/mol. The van der Waals surface area contributed by atoms with E-state index in [4.69, 9.17) is 15.5 Å². The van der Waals surface area contributed by atoms with Crippen LogP contribution in [0.3, 0.4) is 0 Å². The lowest BCUT2D eigenvalue weighted by molar-refractivity contribution is -0.172. The number of cyclic esters (lactones) is 1. The van der Waals surface area contributed by atoms with E-state index in [1.165, 1.54) is 6.07 Å². The molecule has 0 spiro atoms. The van der Waals surface area contributed by atoms with E-state index >= 15 is 0 Å². The number of halogens is 1. The number of ether oxygens (including phenoxy) is 1. The Balaban J connectivity index is 1.66. The molecule has 0 bridgehead atoms. The molecule has 9 heteroatoms. The molecule has 1 aliphatic carbocycles. The third-order valence-electron chi connectivity index (χ3n) is 7.91. The van der Waals surface area contributed by atoms with Crippen LogP contribution in [-0.4, -0.2) is 33.7 Å². The smallest absolute Gasteiger partial charge is 0.343 e. The molecule has 4 heterocycles. The number of aromatic nitrogens is 2. The number of aryl methyl sites for hydroxylation is 1. The van der Waals surface area contributed by atoms with Gasteiger partial charge in [0.05, 0.1) is 29.0 Å². The Morgan fingerprint density at radius 3 is 2.86 bits per heavy atom. The van der Waals surface area contributed by atoms with Crippen LogP contribution in [0.1, 0.15) is 59.2 Å². The van der Waals surface area contributed by atoms with Gasteiger partial charge in [-0.1, -0.05) is 6.92 Å². The van der Waals surface area contributed by atoms with Gasteiger partial charge in [0.1, 0.15) is 12.4 Å². The number of aliphatic hydroxyl groups is 1. The number of benzene rings is 1. The Bertz CT molecular complexity index is 1500. The van der Waals surface area contributed by atoms with Crippen LogP contribution in [-0.2, 0) is 34.7 Å². The maximum Gasteiger partial charge on any atom is 0.343 e. The number of rotatable bonds is 4. The summed E-state index contributed by atoms with van der Waals surface area (Å²) < 4.78 is 21.7. The molecule has 8 nitrogen and oxygen atoms in total. The highest BCUT2D eigenvalue weighted by molar-refractivity contribution is 5.93. The predicted molar refractivity (Wildman–Crippen MR) is 127 cm³/mol. The molecule has 2 aromatic heterocycles. The number of hydrogen-bond donors (Lipinski definition) is 3. The van der Waals surface area contributed by atoms with Gasteiger partial charge in [-0.3, -0.25) is 4.79 Å². The van der Waals surface area contributed by atoms with E-state index in [2.05, 4.69) is 5.32 Å². The molecule has 0 unspecified atom stereocenters. The normalized spacial score (nSPS) is 22.1. The zero-order valence-corrected chi connectivity index (χ0v) is 19.7. The Kier molecular flexibility index (Phi) is 4.90. The number of esters is 1. The summed E-state index contributed by atoms with van der Waals surface area (Å²) in [6, 6.07) is 3.14. The number of nitrogens with two attached hydrogens (primary N) is 1. The summed E-state index contributed by atoms with van der Waals surface area (Å²) in [5.74, 6) is -1.06. The number of nitrogens with zero attached hydrogens (tertiary/aromatic N) is 2. The third-order valence-corrected chi connectivity index (χ3v) is 7.91. The molecule has 6 rings (SSSR count). The topological polar surface area (TPSA) is 119 Å². The zero-order chi connectivity index (χ0) is 24.6. The van der Waals surface area contributed by atoms with Crippen LogP contribution < -0.4 is 16.6 Å².